The summed E-state index contributed by atoms with van der Waals surface area (Å²) in [5, 5.41) is 11.8. The fourth-order valence-electron chi connectivity index (χ4n) is 6.81. The molecule has 1 saturated heterocycles. The smallest absolute Gasteiger partial charge is 0.251 e. The summed E-state index contributed by atoms with van der Waals surface area (Å²) >= 11 is 0. The molecular formula is C28H36FN3O3. The summed E-state index contributed by atoms with van der Waals surface area (Å²) in [6, 6.07) is 7.52. The molecule has 2 aromatic rings. The summed E-state index contributed by atoms with van der Waals surface area (Å²) in [4.78, 5) is 34.9. The molecule has 2 saturated carbocycles. The molecule has 35 heavy (non-hydrogen) atoms. The number of rotatable bonds is 6. The number of benzene rings is 1. The zero-order chi connectivity index (χ0) is 24.6. The number of piperidine rings is 1. The van der Waals surface area contributed by atoms with Gasteiger partial charge in [0.1, 0.15) is 11.6 Å². The average Bonchev–Trinajstić information content (AvgIpc) is 3.00. The standard InChI is InChI=1S/C28H36FN3O3/c1-18(13-19-7-3-2-4-8-19)27(34)32-16-20-11-12-21(17-32)28(20,35)15-25-30-24(14-26(33)31-25)22-9-5-6-10-23(22)29/h5-6,9-10,14,18-21,35H,2-4,7-8,11-13,15-17H2,1H3,(H,30,31,33)/t18-,20-,21+,28?/m1/s1. The van der Waals surface area contributed by atoms with Gasteiger partial charge >= 0.3 is 0 Å². The minimum Gasteiger partial charge on any atom is -0.389 e. The number of carbonyl (C=O) groups excluding carboxylic acids is 1. The van der Waals surface area contributed by atoms with Crippen molar-refractivity contribution in [2.24, 2.45) is 23.7 Å². The normalized spacial score (nSPS) is 27.7. The molecule has 7 heteroatoms. The van der Waals surface area contributed by atoms with Crippen molar-refractivity contribution in [3.63, 3.8) is 0 Å². The van der Waals surface area contributed by atoms with E-state index >= 15 is 0 Å². The maximum absolute atomic E-state index is 14.3. The zero-order valence-electron chi connectivity index (χ0n) is 20.5. The van der Waals surface area contributed by atoms with Gasteiger partial charge in [-0.05, 0) is 37.3 Å². The highest BCUT2D eigenvalue weighted by molar-refractivity contribution is 5.78. The molecule has 0 radical (unpaired) electrons. The van der Waals surface area contributed by atoms with E-state index in [9.17, 15) is 19.1 Å². The Morgan fingerprint density at radius 3 is 2.54 bits per heavy atom. The molecule has 1 unspecified atom stereocenters. The fraction of sp³-hybridized carbons (Fsp3) is 0.607. The monoisotopic (exact) mass is 481 g/mol. The Morgan fingerprint density at radius 1 is 1.17 bits per heavy atom. The predicted molar refractivity (Wildman–Crippen MR) is 132 cm³/mol. The van der Waals surface area contributed by atoms with E-state index in [-0.39, 0.29) is 46.9 Å². The third-order valence-corrected chi connectivity index (χ3v) is 8.70. The van der Waals surface area contributed by atoms with E-state index in [0.717, 1.165) is 19.3 Å². The van der Waals surface area contributed by atoms with Gasteiger partial charge in [0.2, 0.25) is 5.91 Å². The van der Waals surface area contributed by atoms with E-state index in [2.05, 4.69) is 16.9 Å². The molecule has 2 N–H and O–H groups in total. The first-order chi connectivity index (χ1) is 16.8. The van der Waals surface area contributed by atoms with Crippen molar-refractivity contribution in [3.8, 4) is 11.3 Å². The second-order valence-corrected chi connectivity index (χ2v) is 11.1. The Labute approximate surface area is 206 Å². The highest BCUT2D eigenvalue weighted by atomic mass is 19.1. The molecule has 188 valence electrons. The van der Waals surface area contributed by atoms with Crippen LogP contribution in [0.1, 0.15) is 64.1 Å². The molecule has 1 aromatic heterocycles. The molecule has 1 aromatic carbocycles. The second-order valence-electron chi connectivity index (χ2n) is 11.1. The molecule has 3 fully saturated rings. The van der Waals surface area contributed by atoms with Crippen molar-refractivity contribution >= 4 is 5.91 Å². The number of nitrogens with one attached hydrogen (secondary N) is 1. The number of carbonyl (C=O) groups is 1. The molecule has 1 amide bonds. The van der Waals surface area contributed by atoms with Crippen molar-refractivity contribution in [2.75, 3.05) is 13.1 Å². The number of nitrogens with zero attached hydrogens (tertiary/aromatic N) is 2. The van der Waals surface area contributed by atoms with Gasteiger partial charge in [0.05, 0.1) is 11.3 Å². The summed E-state index contributed by atoms with van der Waals surface area (Å²) in [7, 11) is 0. The maximum Gasteiger partial charge on any atom is 0.251 e. The first-order valence-electron chi connectivity index (χ1n) is 13.2. The van der Waals surface area contributed by atoms with E-state index < -0.39 is 11.4 Å². The first kappa shape index (κ1) is 24.2. The summed E-state index contributed by atoms with van der Waals surface area (Å²) in [6.45, 7) is 3.14. The van der Waals surface area contributed by atoms with Crippen LogP contribution >= 0.6 is 0 Å². The van der Waals surface area contributed by atoms with E-state index in [4.69, 9.17) is 0 Å². The van der Waals surface area contributed by atoms with Gasteiger partial charge in [-0.25, -0.2) is 9.37 Å². The van der Waals surface area contributed by atoms with E-state index in [0.29, 0.717) is 24.8 Å². The molecule has 2 heterocycles. The lowest BCUT2D eigenvalue weighted by Gasteiger charge is -2.45. The fourth-order valence-corrected chi connectivity index (χ4v) is 6.81. The topological polar surface area (TPSA) is 86.3 Å². The van der Waals surface area contributed by atoms with Gasteiger partial charge < -0.3 is 15.0 Å². The van der Waals surface area contributed by atoms with Crippen molar-refractivity contribution in [2.45, 2.75) is 70.3 Å². The van der Waals surface area contributed by atoms with Crippen LogP contribution in [0.25, 0.3) is 11.3 Å². The number of fused-ring (bicyclic) bond motifs is 2. The minimum absolute atomic E-state index is 0.0131. The molecule has 2 aliphatic carbocycles. The Hall–Kier alpha value is -2.54. The summed E-state index contributed by atoms with van der Waals surface area (Å²) in [5.41, 5.74) is -0.870. The van der Waals surface area contributed by atoms with Crippen LogP contribution in [0.4, 0.5) is 4.39 Å². The van der Waals surface area contributed by atoms with Gasteiger partial charge in [-0.1, -0.05) is 51.2 Å². The second kappa shape index (κ2) is 9.84. The Kier molecular flexibility index (Phi) is 6.80. The number of likely N-dealkylation sites (tertiary alicyclic amines) is 1. The molecule has 0 spiro atoms. The van der Waals surface area contributed by atoms with Gasteiger partial charge in [-0.15, -0.1) is 0 Å². The number of H-pyrrole nitrogens is 1. The van der Waals surface area contributed by atoms with Crippen molar-refractivity contribution in [1.82, 2.24) is 14.9 Å². The SMILES string of the molecule is C[C@H](CC1CCCCC1)C(=O)N1C[C@H]2CC[C@@H](C1)C2(O)Cc1nc(-c2ccccc2F)cc(=O)[nH]1. The largest absolute Gasteiger partial charge is 0.389 e. The molecule has 2 bridgehead atoms. The van der Waals surface area contributed by atoms with Crippen LogP contribution in [0.5, 0.6) is 0 Å². The number of amides is 1. The summed E-state index contributed by atoms with van der Waals surface area (Å²) < 4.78 is 14.3. The molecule has 1 aliphatic heterocycles. The Bertz CT molecular complexity index is 1110. The van der Waals surface area contributed by atoms with E-state index in [1.54, 1.807) is 18.2 Å². The van der Waals surface area contributed by atoms with Gasteiger partial charge in [0.15, 0.2) is 0 Å². The molecule has 3 aliphatic rings. The van der Waals surface area contributed by atoms with Gasteiger partial charge in [-0.2, -0.15) is 0 Å². The summed E-state index contributed by atoms with van der Waals surface area (Å²) in [6.07, 6.45) is 9.19. The Balaban J connectivity index is 1.29. The van der Waals surface area contributed by atoms with Crippen LogP contribution < -0.4 is 5.56 Å². The van der Waals surface area contributed by atoms with Crippen molar-refractivity contribution in [1.29, 1.82) is 0 Å². The lowest BCUT2D eigenvalue weighted by atomic mass is 9.77. The van der Waals surface area contributed by atoms with Gasteiger partial charge in [-0.3, -0.25) is 9.59 Å². The van der Waals surface area contributed by atoms with Crippen LogP contribution in [-0.2, 0) is 11.2 Å². The van der Waals surface area contributed by atoms with Gasteiger partial charge in [0, 0.05) is 48.9 Å². The number of hydrogen-bond donors (Lipinski definition) is 2. The molecule has 5 rings (SSSR count). The van der Waals surface area contributed by atoms with Crippen LogP contribution in [0.2, 0.25) is 0 Å². The lowest BCUT2D eigenvalue weighted by molar-refractivity contribution is -0.146. The van der Waals surface area contributed by atoms with Crippen molar-refractivity contribution in [3.05, 3.63) is 52.3 Å². The number of aromatic nitrogens is 2. The first-order valence-corrected chi connectivity index (χ1v) is 13.2. The van der Waals surface area contributed by atoms with Crippen molar-refractivity contribution < 1.29 is 14.3 Å². The summed E-state index contributed by atoms with van der Waals surface area (Å²) in [5.74, 6) is 0.682. The predicted octanol–water partition coefficient (Wildman–Crippen LogP) is 4.32. The van der Waals surface area contributed by atoms with E-state index in [1.807, 2.05) is 4.90 Å². The number of aromatic amines is 1. The highest BCUT2D eigenvalue weighted by Crippen LogP contribution is 2.47. The third-order valence-electron chi connectivity index (χ3n) is 8.70. The third kappa shape index (κ3) is 4.92. The molecule has 4 atom stereocenters. The van der Waals surface area contributed by atoms with Crippen LogP contribution in [0, 0.1) is 29.5 Å². The lowest BCUT2D eigenvalue weighted by Crippen LogP contribution is -2.57. The molecule has 6 nitrogen and oxygen atoms in total. The minimum atomic E-state index is -1.03. The molecular weight excluding hydrogens is 445 g/mol. The van der Waals surface area contributed by atoms with Gasteiger partial charge in [0.25, 0.3) is 5.56 Å². The van der Waals surface area contributed by atoms with E-state index in [1.165, 1.54) is 44.2 Å². The highest BCUT2D eigenvalue weighted by Gasteiger charge is 2.54. The van der Waals surface area contributed by atoms with Crippen LogP contribution in [-0.4, -0.2) is 44.6 Å². The maximum atomic E-state index is 14.3. The quantitative estimate of drug-likeness (QED) is 0.643. The average molecular weight is 482 g/mol. The number of aliphatic hydroxyl groups is 1. The van der Waals surface area contributed by atoms with Crippen LogP contribution in [0.3, 0.4) is 0 Å². The Morgan fingerprint density at radius 2 is 1.86 bits per heavy atom. The zero-order valence-corrected chi connectivity index (χ0v) is 20.5. The number of hydrogen-bond acceptors (Lipinski definition) is 4. The number of halogens is 1. The van der Waals surface area contributed by atoms with Crippen LogP contribution in [0.15, 0.2) is 35.1 Å².